The van der Waals surface area contributed by atoms with Crippen LogP contribution in [0.25, 0.3) is 10.9 Å². The summed E-state index contributed by atoms with van der Waals surface area (Å²) >= 11 is 0. The van der Waals surface area contributed by atoms with E-state index in [1.807, 2.05) is 30.3 Å². The zero-order chi connectivity index (χ0) is 44.8. The Kier molecular flexibility index (Phi) is 10.6. The van der Waals surface area contributed by atoms with E-state index in [1.54, 1.807) is 119 Å². The van der Waals surface area contributed by atoms with Crippen molar-refractivity contribution in [3.8, 4) is 11.5 Å². The summed E-state index contributed by atoms with van der Waals surface area (Å²) in [6, 6.07) is 22.8. The lowest BCUT2D eigenvalue weighted by atomic mass is 10.1. The molecule has 0 bridgehead atoms. The molecular formula is C47H44N10O7. The number of aliphatic imine (C=N–C) groups is 1. The van der Waals surface area contributed by atoms with Crippen LogP contribution < -0.4 is 36.1 Å². The molecule has 5 N–H and O–H groups in total. The van der Waals surface area contributed by atoms with Crippen LogP contribution in [0.3, 0.4) is 0 Å². The molecule has 324 valence electrons. The number of aromatic nitrogens is 4. The molecule has 0 saturated carbocycles. The summed E-state index contributed by atoms with van der Waals surface area (Å²) in [5.74, 6) is -0.818. The van der Waals surface area contributed by atoms with Crippen LogP contribution in [0.15, 0.2) is 109 Å². The minimum atomic E-state index is -0.452. The van der Waals surface area contributed by atoms with Gasteiger partial charge in [-0.05, 0) is 66.6 Å². The highest BCUT2D eigenvalue weighted by atomic mass is 16.5. The number of fused-ring (bicyclic) bond motifs is 5. The maximum Gasteiger partial charge on any atom is 0.279 e. The van der Waals surface area contributed by atoms with Gasteiger partial charge in [-0.1, -0.05) is 18.2 Å². The molecule has 0 unspecified atom stereocenters. The number of hydrogen-bond acceptors (Lipinski definition) is 9. The Morgan fingerprint density at radius 3 is 2.14 bits per heavy atom. The van der Waals surface area contributed by atoms with Gasteiger partial charge >= 0.3 is 0 Å². The molecule has 1 atom stereocenters. The first-order chi connectivity index (χ1) is 30.8. The molecule has 0 aliphatic carbocycles. The van der Waals surface area contributed by atoms with Gasteiger partial charge in [0.05, 0.1) is 53.6 Å². The van der Waals surface area contributed by atoms with Gasteiger partial charge in [0.15, 0.2) is 11.5 Å². The molecule has 64 heavy (non-hydrogen) atoms. The lowest BCUT2D eigenvalue weighted by Crippen LogP contribution is -2.37. The monoisotopic (exact) mass is 860 g/mol. The summed E-state index contributed by atoms with van der Waals surface area (Å²) in [5, 5.41) is 9.34. The molecule has 3 aromatic carbocycles. The van der Waals surface area contributed by atoms with Crippen molar-refractivity contribution in [3.63, 3.8) is 0 Å². The third-order valence-corrected chi connectivity index (χ3v) is 11.4. The Balaban J connectivity index is 0.773. The van der Waals surface area contributed by atoms with Crippen LogP contribution >= 0.6 is 0 Å². The molecule has 6 heterocycles. The maximum atomic E-state index is 13.7. The molecule has 7 aromatic rings. The molecule has 17 nitrogen and oxygen atoms in total. The lowest BCUT2D eigenvalue weighted by molar-refractivity contribution is -0.116. The van der Waals surface area contributed by atoms with Crippen LogP contribution in [0.4, 0.5) is 34.1 Å². The van der Waals surface area contributed by atoms with Gasteiger partial charge in [0.25, 0.3) is 23.6 Å². The smallest absolute Gasteiger partial charge is 0.279 e. The maximum absolute atomic E-state index is 13.7. The summed E-state index contributed by atoms with van der Waals surface area (Å²) in [6.45, 7) is 0.191. The number of nitrogens with zero attached hydrogens (tertiary/aromatic N) is 6. The van der Waals surface area contributed by atoms with Crippen LogP contribution in [-0.4, -0.2) is 73.8 Å². The predicted octanol–water partition coefficient (Wildman–Crippen LogP) is 6.53. The number of rotatable bonds is 12. The van der Waals surface area contributed by atoms with Crippen molar-refractivity contribution >= 4 is 80.8 Å². The zero-order valence-electron chi connectivity index (χ0n) is 35.4. The van der Waals surface area contributed by atoms with E-state index >= 15 is 0 Å². The Morgan fingerprint density at radius 1 is 0.781 bits per heavy atom. The van der Waals surface area contributed by atoms with E-state index in [2.05, 4.69) is 20.9 Å². The van der Waals surface area contributed by atoms with Gasteiger partial charge in [0, 0.05) is 87.8 Å². The van der Waals surface area contributed by atoms with Gasteiger partial charge in [0.2, 0.25) is 5.91 Å². The van der Waals surface area contributed by atoms with E-state index in [0.717, 1.165) is 16.6 Å². The molecule has 4 amide bonds. The van der Waals surface area contributed by atoms with Crippen LogP contribution in [0.2, 0.25) is 0 Å². The van der Waals surface area contributed by atoms with Gasteiger partial charge in [-0.3, -0.25) is 38.4 Å². The molecule has 0 saturated heterocycles. The van der Waals surface area contributed by atoms with Crippen molar-refractivity contribution in [1.82, 2.24) is 18.3 Å². The molecular weight excluding hydrogens is 817 g/mol. The Bertz CT molecular complexity index is 3080. The highest BCUT2D eigenvalue weighted by molar-refractivity contribution is 6.15. The molecule has 0 spiro atoms. The van der Waals surface area contributed by atoms with E-state index in [-0.39, 0.29) is 48.2 Å². The molecule has 0 fully saturated rings. The van der Waals surface area contributed by atoms with Crippen molar-refractivity contribution in [2.45, 2.75) is 25.3 Å². The van der Waals surface area contributed by atoms with Crippen LogP contribution in [-0.2, 0) is 32.4 Å². The van der Waals surface area contributed by atoms with Crippen LogP contribution in [0, 0.1) is 0 Å². The fourth-order valence-corrected chi connectivity index (χ4v) is 8.24. The SMILES string of the molecule is COc1cc2c(cc1OCCCC(=O)Nc1cc(C(=O)Nc3cc(C(=O)Nc4cc(C(=O)n5ccc6cc(N)ccc65)n(C)c4)n(C)c3)n(C)c1)N=C[C@@H]1Cc3ccccc3N1C2=O. The third kappa shape index (κ3) is 7.74. The zero-order valence-corrected chi connectivity index (χ0v) is 35.4. The first kappa shape index (κ1) is 41.0. The molecule has 2 aliphatic heterocycles. The average Bonchev–Trinajstić information content (AvgIpc) is 4.09. The second-order valence-electron chi connectivity index (χ2n) is 15.8. The highest BCUT2D eigenvalue weighted by Crippen LogP contribution is 2.41. The number of aryl methyl sites for hydroxylation is 3. The number of benzene rings is 3. The van der Waals surface area contributed by atoms with Crippen molar-refractivity contribution in [1.29, 1.82) is 0 Å². The number of nitrogen functional groups attached to an aromatic ring is 1. The van der Waals surface area contributed by atoms with Crippen molar-refractivity contribution in [2.75, 3.05) is 40.3 Å². The highest BCUT2D eigenvalue weighted by Gasteiger charge is 2.36. The lowest BCUT2D eigenvalue weighted by Gasteiger charge is -2.22. The summed E-state index contributed by atoms with van der Waals surface area (Å²) in [7, 11) is 6.59. The minimum absolute atomic E-state index is 0.131. The normalized spacial score (nSPS) is 13.8. The third-order valence-electron chi connectivity index (χ3n) is 11.4. The van der Waals surface area contributed by atoms with E-state index < -0.39 is 11.8 Å². The topological polar surface area (TPSA) is 201 Å². The largest absolute Gasteiger partial charge is 0.493 e. The van der Waals surface area contributed by atoms with E-state index in [0.29, 0.717) is 69.6 Å². The number of anilines is 5. The van der Waals surface area contributed by atoms with Gasteiger partial charge < -0.3 is 44.9 Å². The standard InChI is InChI=1S/C47H44N10O7/c1-53-24-30(50-43(58)10-7-15-64-42-22-35-34(21-41(42)63-4)46(61)57-33(23-49-35)17-27-8-5-6-9-37(27)57)18-38(53)44(59)51-31-19-39(54(2)25-31)45(60)52-32-20-40(55(3)26-32)47(62)56-14-13-28-16-29(48)11-12-36(28)56/h5-6,8-9,11-14,16,18-26,33H,7,10,15,17,48H2,1-4H3,(H,50,58)(H,51,59)(H,52,60)/t33-/m0/s1. The van der Waals surface area contributed by atoms with Gasteiger partial charge in [0.1, 0.15) is 17.1 Å². The number of carbonyl (C=O) groups is 5. The number of nitrogens with two attached hydrogens (primary N) is 1. The molecule has 4 aromatic heterocycles. The minimum Gasteiger partial charge on any atom is -0.493 e. The number of carbonyl (C=O) groups excluding carboxylic acids is 5. The number of methoxy groups -OCH3 is 1. The number of amides is 4. The molecule has 17 heteroatoms. The number of para-hydroxylation sites is 1. The van der Waals surface area contributed by atoms with Crippen LogP contribution in [0.5, 0.6) is 11.5 Å². The second-order valence-corrected chi connectivity index (χ2v) is 15.8. The quantitative estimate of drug-likeness (QED) is 0.0785. The van der Waals surface area contributed by atoms with Crippen molar-refractivity contribution in [3.05, 3.63) is 132 Å². The van der Waals surface area contributed by atoms with Crippen molar-refractivity contribution < 1.29 is 33.4 Å². The predicted molar refractivity (Wildman–Crippen MR) is 243 cm³/mol. The van der Waals surface area contributed by atoms with E-state index in [9.17, 15) is 24.0 Å². The van der Waals surface area contributed by atoms with Gasteiger partial charge in [-0.25, -0.2) is 0 Å². The summed E-state index contributed by atoms with van der Waals surface area (Å²) in [6.07, 6.45) is 9.56. The second kappa shape index (κ2) is 16.5. The van der Waals surface area contributed by atoms with Crippen molar-refractivity contribution in [2.24, 2.45) is 26.1 Å². The van der Waals surface area contributed by atoms with Crippen LogP contribution in [0.1, 0.15) is 60.2 Å². The summed E-state index contributed by atoms with van der Waals surface area (Å²) in [4.78, 5) is 73.3. The Morgan fingerprint density at radius 2 is 1.44 bits per heavy atom. The first-order valence-electron chi connectivity index (χ1n) is 20.5. The number of hydrogen-bond donors (Lipinski definition) is 4. The molecule has 0 radical (unpaired) electrons. The van der Waals surface area contributed by atoms with Gasteiger partial charge in [-0.15, -0.1) is 0 Å². The van der Waals surface area contributed by atoms with Gasteiger partial charge in [-0.2, -0.15) is 0 Å². The average molecular weight is 861 g/mol. The Hall–Kier alpha value is -8.34. The van der Waals surface area contributed by atoms with E-state index in [1.165, 1.54) is 11.7 Å². The first-order valence-corrected chi connectivity index (χ1v) is 20.5. The fourth-order valence-electron chi connectivity index (χ4n) is 8.24. The fraction of sp³-hybridized carbons (Fsp3) is 0.191. The number of nitrogens with one attached hydrogen (secondary N) is 3. The Labute approximate surface area is 366 Å². The summed E-state index contributed by atoms with van der Waals surface area (Å²) < 4.78 is 18.0. The molecule has 9 rings (SSSR count). The van der Waals surface area contributed by atoms with E-state index in [4.69, 9.17) is 15.2 Å². The number of ether oxygens (including phenoxy) is 2. The summed E-state index contributed by atoms with van der Waals surface area (Å²) in [5.41, 5.74) is 12.2. The molecule has 2 aliphatic rings.